The molecule has 0 radical (unpaired) electrons. The van der Waals surface area contributed by atoms with E-state index in [-0.39, 0.29) is 11.6 Å². The number of carbonyl (C=O) groups is 1. The third kappa shape index (κ3) is 3.48. The molecular formula is C19H15F3N2OS. The summed E-state index contributed by atoms with van der Waals surface area (Å²) in [4.78, 5) is 18.3. The van der Waals surface area contributed by atoms with Crippen molar-refractivity contribution < 1.29 is 18.0 Å². The Balaban J connectivity index is 1.82. The van der Waals surface area contributed by atoms with Crippen LogP contribution in [0.1, 0.15) is 29.0 Å². The molecule has 0 aliphatic carbocycles. The van der Waals surface area contributed by atoms with Crippen LogP contribution in [-0.2, 0) is 0 Å². The minimum absolute atomic E-state index is 0.171. The Hall–Kier alpha value is -2.67. The standard InChI is InChI=1S/C19H15F3N2OS/c1-11(12-7-8-15(21)16(22)9-12)24(2)19(25)17-10-26-18(23-17)13-5-3-4-6-14(13)20/h3-11H,1-2H3. The highest BCUT2D eigenvalue weighted by atomic mass is 32.1. The highest BCUT2D eigenvalue weighted by Gasteiger charge is 2.22. The van der Waals surface area contributed by atoms with E-state index in [1.807, 2.05) is 0 Å². The molecule has 0 aliphatic heterocycles. The molecule has 7 heteroatoms. The van der Waals surface area contributed by atoms with Gasteiger partial charge in [-0.2, -0.15) is 0 Å². The van der Waals surface area contributed by atoms with Gasteiger partial charge >= 0.3 is 0 Å². The number of halogens is 3. The second-order valence-electron chi connectivity index (χ2n) is 5.78. The largest absolute Gasteiger partial charge is 0.334 e. The number of nitrogens with zero attached hydrogens (tertiary/aromatic N) is 2. The van der Waals surface area contributed by atoms with Gasteiger partial charge in [0.15, 0.2) is 11.6 Å². The third-order valence-electron chi connectivity index (χ3n) is 4.15. The molecule has 1 atom stereocenters. The highest BCUT2D eigenvalue weighted by molar-refractivity contribution is 7.13. The molecule has 0 N–H and O–H groups in total. The SMILES string of the molecule is CC(c1ccc(F)c(F)c1)N(C)C(=O)c1csc(-c2ccccc2F)n1. The Morgan fingerprint density at radius 3 is 2.50 bits per heavy atom. The summed E-state index contributed by atoms with van der Waals surface area (Å²) in [5.41, 5.74) is 0.961. The molecule has 0 saturated carbocycles. The van der Waals surface area contributed by atoms with Gasteiger partial charge in [0.1, 0.15) is 16.5 Å². The van der Waals surface area contributed by atoms with Gasteiger partial charge in [0.25, 0.3) is 5.91 Å². The van der Waals surface area contributed by atoms with Crippen LogP contribution < -0.4 is 0 Å². The first-order chi connectivity index (χ1) is 12.4. The van der Waals surface area contributed by atoms with Crippen LogP contribution in [0.3, 0.4) is 0 Å². The van der Waals surface area contributed by atoms with Gasteiger partial charge in [0.2, 0.25) is 0 Å². The van der Waals surface area contributed by atoms with Crippen LogP contribution in [-0.4, -0.2) is 22.8 Å². The average molecular weight is 376 g/mol. The number of rotatable bonds is 4. The third-order valence-corrected chi connectivity index (χ3v) is 5.03. The van der Waals surface area contributed by atoms with E-state index in [1.165, 1.54) is 28.4 Å². The Morgan fingerprint density at radius 2 is 1.81 bits per heavy atom. The summed E-state index contributed by atoms with van der Waals surface area (Å²) in [6.45, 7) is 1.70. The first-order valence-corrected chi connectivity index (χ1v) is 8.69. The maximum Gasteiger partial charge on any atom is 0.273 e. The Morgan fingerprint density at radius 1 is 1.08 bits per heavy atom. The molecular weight excluding hydrogens is 361 g/mol. The molecule has 1 unspecified atom stereocenters. The summed E-state index contributed by atoms with van der Waals surface area (Å²) in [5.74, 6) is -2.71. The number of amides is 1. The number of hydrogen-bond donors (Lipinski definition) is 0. The summed E-state index contributed by atoms with van der Waals surface area (Å²) in [5, 5.41) is 1.96. The lowest BCUT2D eigenvalue weighted by Gasteiger charge is -2.24. The van der Waals surface area contributed by atoms with Crippen LogP contribution in [0.5, 0.6) is 0 Å². The zero-order valence-corrected chi connectivity index (χ0v) is 14.9. The number of benzene rings is 2. The van der Waals surface area contributed by atoms with Crippen LogP contribution in [0.25, 0.3) is 10.6 Å². The van der Waals surface area contributed by atoms with Gasteiger partial charge in [0.05, 0.1) is 6.04 Å². The second kappa shape index (κ2) is 7.29. The summed E-state index contributed by atoms with van der Waals surface area (Å²) in [7, 11) is 1.55. The molecule has 0 spiro atoms. The zero-order valence-electron chi connectivity index (χ0n) is 14.0. The lowest BCUT2D eigenvalue weighted by molar-refractivity contribution is 0.0737. The second-order valence-corrected chi connectivity index (χ2v) is 6.64. The smallest absolute Gasteiger partial charge is 0.273 e. The molecule has 0 saturated heterocycles. The van der Waals surface area contributed by atoms with Crippen molar-refractivity contribution in [1.82, 2.24) is 9.88 Å². The highest BCUT2D eigenvalue weighted by Crippen LogP contribution is 2.28. The lowest BCUT2D eigenvalue weighted by Crippen LogP contribution is -2.30. The topological polar surface area (TPSA) is 33.2 Å². The predicted octanol–water partition coefficient (Wildman–Crippen LogP) is 5.06. The minimum Gasteiger partial charge on any atom is -0.334 e. The first-order valence-electron chi connectivity index (χ1n) is 7.81. The van der Waals surface area contributed by atoms with Gasteiger partial charge in [-0.15, -0.1) is 11.3 Å². The first kappa shape index (κ1) is 18.1. The van der Waals surface area contributed by atoms with Gasteiger partial charge in [-0.1, -0.05) is 18.2 Å². The molecule has 0 aliphatic rings. The molecule has 0 fully saturated rings. The Labute approximate surface area is 152 Å². The molecule has 1 amide bonds. The Bertz CT molecular complexity index is 957. The molecule has 0 bridgehead atoms. The van der Waals surface area contributed by atoms with Crippen molar-refractivity contribution in [1.29, 1.82) is 0 Å². The van der Waals surface area contributed by atoms with Crippen molar-refractivity contribution in [2.75, 3.05) is 7.05 Å². The number of aromatic nitrogens is 1. The van der Waals surface area contributed by atoms with E-state index < -0.39 is 23.5 Å². The molecule has 3 aromatic rings. The van der Waals surface area contributed by atoms with Crippen molar-refractivity contribution in [3.05, 3.63) is 76.6 Å². The van der Waals surface area contributed by atoms with Crippen LogP contribution in [0, 0.1) is 17.5 Å². The van der Waals surface area contributed by atoms with Gasteiger partial charge < -0.3 is 4.90 Å². The van der Waals surface area contributed by atoms with Crippen LogP contribution in [0.15, 0.2) is 47.8 Å². The van der Waals surface area contributed by atoms with Crippen molar-refractivity contribution in [2.45, 2.75) is 13.0 Å². The normalized spacial score (nSPS) is 12.0. The van der Waals surface area contributed by atoms with Crippen LogP contribution >= 0.6 is 11.3 Å². The van der Waals surface area contributed by atoms with Crippen molar-refractivity contribution in [3.8, 4) is 10.6 Å². The average Bonchev–Trinajstić information content (AvgIpc) is 3.12. The van der Waals surface area contributed by atoms with E-state index in [4.69, 9.17) is 0 Å². The van der Waals surface area contributed by atoms with E-state index in [0.717, 1.165) is 12.1 Å². The van der Waals surface area contributed by atoms with E-state index in [9.17, 15) is 18.0 Å². The monoisotopic (exact) mass is 376 g/mol. The minimum atomic E-state index is -0.967. The molecule has 1 heterocycles. The van der Waals surface area contributed by atoms with E-state index >= 15 is 0 Å². The van der Waals surface area contributed by atoms with Gasteiger partial charge in [-0.3, -0.25) is 4.79 Å². The molecule has 2 aromatic carbocycles. The number of thiazole rings is 1. The van der Waals surface area contributed by atoms with Gasteiger partial charge in [-0.05, 0) is 36.8 Å². The van der Waals surface area contributed by atoms with E-state index in [1.54, 1.807) is 37.6 Å². The number of hydrogen-bond acceptors (Lipinski definition) is 3. The summed E-state index contributed by atoms with van der Waals surface area (Å²) < 4.78 is 40.4. The van der Waals surface area contributed by atoms with E-state index in [2.05, 4.69) is 4.98 Å². The summed E-state index contributed by atoms with van der Waals surface area (Å²) >= 11 is 1.17. The predicted molar refractivity (Wildman–Crippen MR) is 94.4 cm³/mol. The van der Waals surface area contributed by atoms with Crippen molar-refractivity contribution >= 4 is 17.2 Å². The molecule has 134 valence electrons. The number of carbonyl (C=O) groups excluding carboxylic acids is 1. The fourth-order valence-electron chi connectivity index (χ4n) is 2.48. The Kier molecular flexibility index (Phi) is 5.08. The van der Waals surface area contributed by atoms with Crippen molar-refractivity contribution in [2.24, 2.45) is 0 Å². The molecule has 3 nitrogen and oxygen atoms in total. The summed E-state index contributed by atoms with van der Waals surface area (Å²) in [6, 6.07) is 9.23. The molecule has 26 heavy (non-hydrogen) atoms. The van der Waals surface area contributed by atoms with Gasteiger partial charge in [0, 0.05) is 18.0 Å². The van der Waals surface area contributed by atoms with Crippen LogP contribution in [0.4, 0.5) is 13.2 Å². The van der Waals surface area contributed by atoms with E-state index in [0.29, 0.717) is 16.1 Å². The van der Waals surface area contributed by atoms with Crippen molar-refractivity contribution in [3.63, 3.8) is 0 Å². The quantitative estimate of drug-likeness (QED) is 0.638. The fraction of sp³-hybridized carbons (Fsp3) is 0.158. The molecule has 1 aromatic heterocycles. The zero-order chi connectivity index (χ0) is 18.8. The fourth-order valence-corrected chi connectivity index (χ4v) is 3.30. The summed E-state index contributed by atoms with van der Waals surface area (Å²) in [6.07, 6.45) is 0. The van der Waals surface area contributed by atoms with Crippen LogP contribution in [0.2, 0.25) is 0 Å². The molecule has 3 rings (SSSR count). The maximum absolute atomic E-state index is 13.9. The maximum atomic E-state index is 13.9. The lowest BCUT2D eigenvalue weighted by atomic mass is 10.1. The van der Waals surface area contributed by atoms with Gasteiger partial charge in [-0.25, -0.2) is 18.2 Å².